The van der Waals surface area contributed by atoms with Crippen molar-refractivity contribution < 1.29 is 14.7 Å². The van der Waals surface area contributed by atoms with E-state index in [2.05, 4.69) is 15.3 Å². The Bertz CT molecular complexity index is 405. The van der Waals surface area contributed by atoms with Crippen molar-refractivity contribution in [1.82, 2.24) is 20.2 Å². The van der Waals surface area contributed by atoms with E-state index in [1.54, 1.807) is 19.4 Å². The monoisotopic (exact) mass is 268 g/mol. The summed E-state index contributed by atoms with van der Waals surface area (Å²) in [4.78, 5) is 31.0. The van der Waals surface area contributed by atoms with Crippen molar-refractivity contribution in [2.75, 3.05) is 7.05 Å². The highest BCUT2D eigenvalue weighted by molar-refractivity contribution is 5.75. The smallest absolute Gasteiger partial charge is 0.317 e. The van der Waals surface area contributed by atoms with E-state index in [1.807, 2.05) is 6.92 Å². The van der Waals surface area contributed by atoms with Crippen LogP contribution >= 0.6 is 0 Å². The molecule has 106 valence electrons. The number of carbonyl (C=O) groups excluding carboxylic acids is 1. The van der Waals surface area contributed by atoms with Crippen molar-refractivity contribution in [2.24, 2.45) is 0 Å². The molecule has 7 nitrogen and oxygen atoms in total. The molecule has 0 fully saturated rings. The Morgan fingerprint density at radius 1 is 1.58 bits per heavy atom. The fourth-order valence-corrected chi connectivity index (χ4v) is 1.75. The molecule has 0 aliphatic rings. The third kappa shape index (κ3) is 5.41. The zero-order valence-corrected chi connectivity index (χ0v) is 11.2. The van der Waals surface area contributed by atoms with Crippen molar-refractivity contribution in [3.63, 3.8) is 0 Å². The van der Waals surface area contributed by atoms with Crippen LogP contribution in [0.1, 0.15) is 32.0 Å². The first kappa shape index (κ1) is 15.0. The molecule has 0 spiro atoms. The van der Waals surface area contributed by atoms with E-state index < -0.39 is 5.97 Å². The Kier molecular flexibility index (Phi) is 5.84. The molecule has 1 heterocycles. The topological polar surface area (TPSA) is 98.3 Å². The van der Waals surface area contributed by atoms with Gasteiger partial charge in [-0.1, -0.05) is 13.3 Å². The number of aromatic amines is 1. The van der Waals surface area contributed by atoms with Crippen LogP contribution in [0, 0.1) is 0 Å². The third-order valence-corrected chi connectivity index (χ3v) is 2.67. The molecule has 1 aromatic rings. The number of aliphatic carboxylic acids is 1. The fraction of sp³-hybridized carbons (Fsp3) is 0.583. The molecule has 1 aromatic heterocycles. The average molecular weight is 268 g/mol. The lowest BCUT2D eigenvalue weighted by atomic mass is 10.1. The van der Waals surface area contributed by atoms with Gasteiger partial charge in [-0.25, -0.2) is 9.78 Å². The highest BCUT2D eigenvalue weighted by atomic mass is 16.4. The summed E-state index contributed by atoms with van der Waals surface area (Å²) in [5.41, 5.74) is 0. The molecular formula is C12H20N4O3. The fourth-order valence-electron chi connectivity index (χ4n) is 1.75. The second-order valence-corrected chi connectivity index (χ2v) is 4.42. The number of nitrogens with zero attached hydrogens (tertiary/aromatic N) is 2. The number of hydrogen-bond acceptors (Lipinski definition) is 3. The maximum atomic E-state index is 11.9. The zero-order chi connectivity index (χ0) is 14.3. The highest BCUT2D eigenvalue weighted by Gasteiger charge is 2.17. The molecule has 3 N–H and O–H groups in total. The van der Waals surface area contributed by atoms with Crippen LogP contribution in [-0.2, 0) is 11.3 Å². The van der Waals surface area contributed by atoms with Crippen molar-refractivity contribution in [2.45, 2.75) is 38.8 Å². The first-order valence-electron chi connectivity index (χ1n) is 6.24. The predicted molar refractivity (Wildman–Crippen MR) is 69.5 cm³/mol. The van der Waals surface area contributed by atoms with Crippen molar-refractivity contribution >= 4 is 12.0 Å². The first-order chi connectivity index (χ1) is 9.02. The molecule has 0 bridgehead atoms. The van der Waals surface area contributed by atoms with Crippen LogP contribution in [0.2, 0.25) is 0 Å². The summed E-state index contributed by atoms with van der Waals surface area (Å²) < 4.78 is 0. The maximum absolute atomic E-state index is 11.9. The van der Waals surface area contributed by atoms with Crippen LogP contribution in [0.25, 0.3) is 0 Å². The molecule has 0 radical (unpaired) electrons. The van der Waals surface area contributed by atoms with Gasteiger partial charge in [0, 0.05) is 25.5 Å². The van der Waals surface area contributed by atoms with Gasteiger partial charge < -0.3 is 20.3 Å². The number of rotatable bonds is 7. The minimum absolute atomic E-state index is 0.0613. The summed E-state index contributed by atoms with van der Waals surface area (Å²) in [6, 6.07) is -0.634. The predicted octanol–water partition coefficient (Wildman–Crippen LogP) is 1.19. The number of carbonyl (C=O) groups is 2. The molecule has 2 amide bonds. The van der Waals surface area contributed by atoms with Gasteiger partial charge in [0.05, 0.1) is 13.0 Å². The van der Waals surface area contributed by atoms with Crippen LogP contribution in [0.5, 0.6) is 0 Å². The molecule has 1 unspecified atom stereocenters. The van der Waals surface area contributed by atoms with Gasteiger partial charge in [0.25, 0.3) is 0 Å². The molecule has 7 heteroatoms. The second-order valence-electron chi connectivity index (χ2n) is 4.42. The quantitative estimate of drug-likeness (QED) is 0.692. The summed E-state index contributed by atoms with van der Waals surface area (Å²) in [5.74, 6) is -0.227. The van der Waals surface area contributed by atoms with Gasteiger partial charge in [0.15, 0.2) is 0 Å². The lowest BCUT2D eigenvalue weighted by Crippen LogP contribution is -2.43. The van der Waals surface area contributed by atoms with Crippen molar-refractivity contribution in [3.05, 3.63) is 18.2 Å². The number of amides is 2. The SMILES string of the molecule is CCCC(CC(=O)O)NC(=O)N(C)Cc1ncc[nH]1. The first-order valence-corrected chi connectivity index (χ1v) is 6.24. The largest absolute Gasteiger partial charge is 0.481 e. The molecule has 0 aliphatic heterocycles. The van der Waals surface area contributed by atoms with Gasteiger partial charge in [-0.3, -0.25) is 4.79 Å². The number of carboxylic acid groups (broad SMARTS) is 1. The van der Waals surface area contributed by atoms with E-state index in [-0.39, 0.29) is 18.5 Å². The van der Waals surface area contributed by atoms with Gasteiger partial charge >= 0.3 is 12.0 Å². The van der Waals surface area contributed by atoms with Crippen LogP contribution < -0.4 is 5.32 Å². The van der Waals surface area contributed by atoms with Crippen LogP contribution in [0.3, 0.4) is 0 Å². The molecule has 0 aliphatic carbocycles. The van der Waals surface area contributed by atoms with E-state index in [1.165, 1.54) is 4.90 Å². The van der Waals surface area contributed by atoms with Crippen molar-refractivity contribution in [1.29, 1.82) is 0 Å². The Morgan fingerprint density at radius 3 is 2.84 bits per heavy atom. The van der Waals surface area contributed by atoms with Crippen LogP contribution in [0.15, 0.2) is 12.4 Å². The Labute approximate surface area is 112 Å². The molecule has 19 heavy (non-hydrogen) atoms. The summed E-state index contributed by atoms with van der Waals surface area (Å²) in [6.07, 6.45) is 4.71. The summed E-state index contributed by atoms with van der Waals surface area (Å²) >= 11 is 0. The lowest BCUT2D eigenvalue weighted by Gasteiger charge is -2.21. The second kappa shape index (κ2) is 7.40. The van der Waals surface area contributed by atoms with E-state index in [0.717, 1.165) is 6.42 Å². The summed E-state index contributed by atoms with van der Waals surface area (Å²) in [5, 5.41) is 11.5. The van der Waals surface area contributed by atoms with E-state index in [0.29, 0.717) is 18.8 Å². The van der Waals surface area contributed by atoms with Crippen LogP contribution in [-0.4, -0.2) is 45.1 Å². The number of urea groups is 1. The molecular weight excluding hydrogens is 248 g/mol. The highest BCUT2D eigenvalue weighted by Crippen LogP contribution is 2.04. The molecule has 1 rings (SSSR count). The molecule has 0 saturated heterocycles. The zero-order valence-electron chi connectivity index (χ0n) is 11.2. The van der Waals surface area contributed by atoms with E-state index in [9.17, 15) is 9.59 Å². The third-order valence-electron chi connectivity index (χ3n) is 2.67. The lowest BCUT2D eigenvalue weighted by molar-refractivity contribution is -0.137. The minimum atomic E-state index is -0.910. The summed E-state index contributed by atoms with van der Waals surface area (Å²) in [7, 11) is 1.64. The van der Waals surface area contributed by atoms with E-state index in [4.69, 9.17) is 5.11 Å². The number of hydrogen-bond donors (Lipinski definition) is 3. The van der Waals surface area contributed by atoms with Gasteiger partial charge in [0.2, 0.25) is 0 Å². The standard InChI is InChI=1S/C12H20N4O3/c1-3-4-9(7-11(17)18)15-12(19)16(2)8-10-13-5-6-14-10/h5-6,9H,3-4,7-8H2,1-2H3,(H,13,14)(H,15,19)(H,17,18). The normalized spacial score (nSPS) is 11.9. The van der Waals surface area contributed by atoms with Gasteiger partial charge in [-0.2, -0.15) is 0 Å². The Morgan fingerprint density at radius 2 is 2.32 bits per heavy atom. The van der Waals surface area contributed by atoms with Crippen molar-refractivity contribution in [3.8, 4) is 0 Å². The van der Waals surface area contributed by atoms with E-state index >= 15 is 0 Å². The van der Waals surface area contributed by atoms with Crippen LogP contribution in [0.4, 0.5) is 4.79 Å². The molecule has 0 aromatic carbocycles. The number of carboxylic acids is 1. The Balaban J connectivity index is 2.48. The average Bonchev–Trinajstić information content (AvgIpc) is 2.81. The van der Waals surface area contributed by atoms with Gasteiger partial charge in [-0.15, -0.1) is 0 Å². The Hall–Kier alpha value is -2.05. The number of imidazole rings is 1. The number of nitrogens with one attached hydrogen (secondary N) is 2. The minimum Gasteiger partial charge on any atom is -0.481 e. The maximum Gasteiger partial charge on any atom is 0.317 e. The van der Waals surface area contributed by atoms with Gasteiger partial charge in [-0.05, 0) is 6.42 Å². The number of H-pyrrole nitrogens is 1. The van der Waals surface area contributed by atoms with Gasteiger partial charge in [0.1, 0.15) is 5.82 Å². The summed E-state index contributed by atoms with van der Waals surface area (Å²) in [6.45, 7) is 2.30. The molecule has 1 atom stereocenters. The number of aromatic nitrogens is 2. The molecule has 0 saturated carbocycles.